The molecule has 0 saturated heterocycles. The average molecular weight is 403 g/mol. The van der Waals surface area contributed by atoms with Crippen LogP contribution in [-0.4, -0.2) is 10.8 Å². The fourth-order valence-corrected chi connectivity index (χ4v) is 2.75. The number of aryl methyl sites for hydroxylation is 1. The molecule has 0 spiro atoms. The third-order valence-corrected chi connectivity index (χ3v) is 4.39. The zero-order valence-corrected chi connectivity index (χ0v) is 16.4. The Balaban J connectivity index is 1.32. The first-order chi connectivity index (χ1) is 14.7. The summed E-state index contributed by atoms with van der Waals surface area (Å²) in [4.78, 5) is 9.73. The number of benzene rings is 2. The molecule has 4 rings (SSSR count). The summed E-state index contributed by atoms with van der Waals surface area (Å²) in [6.45, 7) is 2.44. The van der Waals surface area contributed by atoms with Crippen LogP contribution in [0, 0.1) is 6.92 Å². The number of amidine groups is 1. The number of oxazole rings is 1. The molecule has 0 radical (unpaired) electrons. The monoisotopic (exact) mass is 403 g/mol. The molecule has 7 nitrogen and oxygen atoms in total. The van der Waals surface area contributed by atoms with Crippen molar-refractivity contribution in [3.8, 4) is 17.4 Å². The van der Waals surface area contributed by atoms with Gasteiger partial charge in [-0.25, -0.2) is 4.98 Å². The van der Waals surface area contributed by atoms with Crippen LogP contribution in [0.1, 0.15) is 22.6 Å². The second-order valence-electron chi connectivity index (χ2n) is 6.55. The van der Waals surface area contributed by atoms with Gasteiger partial charge in [-0.05, 0) is 48.9 Å². The molecule has 0 fully saturated rings. The van der Waals surface area contributed by atoms with Gasteiger partial charge in [-0.1, -0.05) is 35.5 Å². The van der Waals surface area contributed by atoms with Crippen LogP contribution < -0.4 is 10.5 Å². The number of oxime groups is 1. The Bertz CT molecular complexity index is 1100. The zero-order chi connectivity index (χ0) is 20.8. The van der Waals surface area contributed by atoms with Crippen LogP contribution in [0.5, 0.6) is 5.75 Å². The number of hydrogen-bond donors (Lipinski definition) is 1. The molecule has 0 aliphatic heterocycles. The van der Waals surface area contributed by atoms with E-state index in [-0.39, 0.29) is 12.4 Å². The second-order valence-corrected chi connectivity index (χ2v) is 6.55. The van der Waals surface area contributed by atoms with E-state index in [0.717, 1.165) is 16.9 Å². The lowest BCUT2D eigenvalue weighted by molar-refractivity contribution is 0.127. The van der Waals surface area contributed by atoms with Gasteiger partial charge >= 0.3 is 0 Å². The Labute approximate surface area is 173 Å². The van der Waals surface area contributed by atoms with Gasteiger partial charge < -0.3 is 24.1 Å². The summed E-state index contributed by atoms with van der Waals surface area (Å²) in [6, 6.07) is 20.9. The number of aromatic nitrogens is 1. The fraction of sp³-hybridized carbons (Fsp3) is 0.130. The molecule has 0 unspecified atom stereocenters. The lowest BCUT2D eigenvalue weighted by atomic mass is 10.2. The SMILES string of the molecule is Cc1oc(-c2ccco2)nc1CO/N=C(/N)c1ccc(OCc2ccccc2)cc1. The van der Waals surface area contributed by atoms with Crippen molar-refractivity contribution in [3.63, 3.8) is 0 Å². The van der Waals surface area contributed by atoms with Crippen molar-refractivity contribution >= 4 is 5.84 Å². The van der Waals surface area contributed by atoms with Crippen LogP contribution in [0.15, 0.2) is 87.0 Å². The van der Waals surface area contributed by atoms with E-state index in [0.29, 0.717) is 29.7 Å². The van der Waals surface area contributed by atoms with Crippen LogP contribution in [0.2, 0.25) is 0 Å². The maximum absolute atomic E-state index is 6.02. The van der Waals surface area contributed by atoms with E-state index in [9.17, 15) is 0 Å². The lowest BCUT2D eigenvalue weighted by Gasteiger charge is -2.07. The standard InChI is InChI=1S/C23H21N3O4/c1-16-20(25-23(30-16)21-8-5-13-27-21)15-29-26-22(24)18-9-11-19(12-10-18)28-14-17-6-3-2-4-7-17/h2-13H,14-15H2,1H3,(H2,24,26). The van der Waals surface area contributed by atoms with E-state index >= 15 is 0 Å². The van der Waals surface area contributed by atoms with Gasteiger partial charge in [0.05, 0.1) is 6.26 Å². The predicted octanol–water partition coefficient (Wildman–Crippen LogP) is 4.66. The Kier molecular flexibility index (Phi) is 5.80. The smallest absolute Gasteiger partial charge is 0.263 e. The predicted molar refractivity (Wildman–Crippen MR) is 112 cm³/mol. The minimum absolute atomic E-state index is 0.134. The maximum atomic E-state index is 6.02. The first-order valence-corrected chi connectivity index (χ1v) is 9.42. The fourth-order valence-electron chi connectivity index (χ4n) is 2.75. The van der Waals surface area contributed by atoms with Gasteiger partial charge in [-0.15, -0.1) is 0 Å². The van der Waals surface area contributed by atoms with Crippen molar-refractivity contribution in [2.45, 2.75) is 20.1 Å². The summed E-state index contributed by atoms with van der Waals surface area (Å²) in [5, 5.41) is 3.97. The minimum atomic E-state index is 0.134. The zero-order valence-electron chi connectivity index (χ0n) is 16.4. The van der Waals surface area contributed by atoms with Gasteiger partial charge in [0.1, 0.15) is 23.8 Å². The van der Waals surface area contributed by atoms with Crippen molar-refractivity contribution < 1.29 is 18.4 Å². The molecule has 2 heterocycles. The number of nitrogens with zero attached hydrogens (tertiary/aromatic N) is 2. The molecule has 7 heteroatoms. The van der Waals surface area contributed by atoms with E-state index in [1.807, 2.05) is 54.6 Å². The molecule has 152 valence electrons. The average Bonchev–Trinajstić information content (AvgIpc) is 3.43. The summed E-state index contributed by atoms with van der Waals surface area (Å²) in [6.07, 6.45) is 1.56. The lowest BCUT2D eigenvalue weighted by Crippen LogP contribution is -2.13. The molecule has 30 heavy (non-hydrogen) atoms. The Morgan fingerprint density at radius 2 is 1.80 bits per heavy atom. The first-order valence-electron chi connectivity index (χ1n) is 9.42. The van der Waals surface area contributed by atoms with Crippen LogP contribution in [0.3, 0.4) is 0 Å². The van der Waals surface area contributed by atoms with Crippen LogP contribution >= 0.6 is 0 Å². The molecule has 2 aromatic carbocycles. The molecule has 0 amide bonds. The number of ether oxygens (including phenoxy) is 1. The van der Waals surface area contributed by atoms with Gasteiger partial charge in [-0.2, -0.15) is 0 Å². The van der Waals surface area contributed by atoms with Crippen molar-refractivity contribution in [2.24, 2.45) is 10.9 Å². The van der Waals surface area contributed by atoms with Gasteiger partial charge in [0.15, 0.2) is 18.2 Å². The van der Waals surface area contributed by atoms with E-state index in [1.54, 1.807) is 25.3 Å². The molecular formula is C23H21N3O4. The summed E-state index contributed by atoms with van der Waals surface area (Å²) in [5.74, 6) is 2.60. The second kappa shape index (κ2) is 9.00. The summed E-state index contributed by atoms with van der Waals surface area (Å²) in [5.41, 5.74) is 8.49. The summed E-state index contributed by atoms with van der Waals surface area (Å²) >= 11 is 0. The molecule has 0 aliphatic rings. The van der Waals surface area contributed by atoms with Gasteiger partial charge in [0.2, 0.25) is 0 Å². The van der Waals surface area contributed by atoms with Gasteiger partial charge in [0, 0.05) is 5.56 Å². The van der Waals surface area contributed by atoms with Crippen LogP contribution in [-0.2, 0) is 18.1 Å². The molecule has 0 atom stereocenters. The Morgan fingerprint density at radius 3 is 2.53 bits per heavy atom. The summed E-state index contributed by atoms with van der Waals surface area (Å²) < 4.78 is 16.6. The van der Waals surface area contributed by atoms with Gasteiger partial charge in [0.25, 0.3) is 5.89 Å². The largest absolute Gasteiger partial charge is 0.489 e. The molecule has 4 aromatic rings. The van der Waals surface area contributed by atoms with Crippen molar-refractivity contribution in [1.82, 2.24) is 4.98 Å². The first kappa shape index (κ1) is 19.3. The number of hydrogen-bond acceptors (Lipinski definition) is 6. The highest BCUT2D eigenvalue weighted by Crippen LogP contribution is 2.22. The Hall–Kier alpha value is -4.00. The van der Waals surface area contributed by atoms with Crippen LogP contribution in [0.4, 0.5) is 0 Å². The van der Waals surface area contributed by atoms with Gasteiger partial charge in [-0.3, -0.25) is 0 Å². The molecular weight excluding hydrogens is 382 g/mol. The van der Waals surface area contributed by atoms with E-state index in [1.165, 1.54) is 0 Å². The minimum Gasteiger partial charge on any atom is -0.489 e. The normalized spacial score (nSPS) is 11.4. The van der Waals surface area contributed by atoms with Crippen LogP contribution in [0.25, 0.3) is 11.7 Å². The quantitative estimate of drug-likeness (QED) is 0.261. The third kappa shape index (κ3) is 4.70. The van der Waals surface area contributed by atoms with Crippen molar-refractivity contribution in [2.75, 3.05) is 0 Å². The third-order valence-electron chi connectivity index (χ3n) is 4.39. The molecule has 0 saturated carbocycles. The number of rotatable bonds is 8. The molecule has 0 aliphatic carbocycles. The van der Waals surface area contributed by atoms with E-state index in [4.69, 9.17) is 24.1 Å². The highest BCUT2D eigenvalue weighted by Gasteiger charge is 2.13. The Morgan fingerprint density at radius 1 is 1.00 bits per heavy atom. The van der Waals surface area contributed by atoms with E-state index in [2.05, 4.69) is 10.1 Å². The highest BCUT2D eigenvalue weighted by atomic mass is 16.6. The maximum Gasteiger partial charge on any atom is 0.263 e. The molecule has 2 aromatic heterocycles. The topological polar surface area (TPSA) is 96.0 Å². The highest BCUT2D eigenvalue weighted by molar-refractivity contribution is 5.97. The number of furan rings is 1. The summed E-state index contributed by atoms with van der Waals surface area (Å²) in [7, 11) is 0. The molecule has 2 N–H and O–H groups in total. The number of nitrogens with two attached hydrogens (primary N) is 1. The van der Waals surface area contributed by atoms with Crippen molar-refractivity contribution in [3.05, 3.63) is 95.6 Å². The van der Waals surface area contributed by atoms with Crippen molar-refractivity contribution in [1.29, 1.82) is 0 Å². The van der Waals surface area contributed by atoms with E-state index < -0.39 is 0 Å². The molecule has 0 bridgehead atoms.